The average molecular weight is 178 g/mol. The summed E-state index contributed by atoms with van der Waals surface area (Å²) < 4.78 is 4.96. The number of aromatic nitrogens is 3. The summed E-state index contributed by atoms with van der Waals surface area (Å²) in [5, 5.41) is 6.69. The Morgan fingerprint density at radius 1 is 1.46 bits per heavy atom. The number of hydrogen-bond donors (Lipinski definition) is 2. The zero-order valence-electron chi connectivity index (χ0n) is 7.46. The van der Waals surface area contributed by atoms with Crippen LogP contribution in [-0.4, -0.2) is 15.1 Å². The lowest BCUT2D eigenvalue weighted by molar-refractivity contribution is 0.429. The lowest BCUT2D eigenvalue weighted by atomic mass is 10.5. The predicted molar refractivity (Wildman–Crippen MR) is 47.8 cm³/mol. The van der Waals surface area contributed by atoms with Crippen LogP contribution in [-0.2, 0) is 0 Å². The van der Waals surface area contributed by atoms with Crippen molar-refractivity contribution in [2.75, 3.05) is 5.32 Å². The van der Waals surface area contributed by atoms with E-state index in [0.717, 1.165) is 11.4 Å². The number of imidazole rings is 1. The maximum Gasteiger partial charge on any atom is 0.231 e. The summed E-state index contributed by atoms with van der Waals surface area (Å²) in [6.07, 6.45) is 1.74. The lowest BCUT2D eigenvalue weighted by Crippen LogP contribution is -1.89. The van der Waals surface area contributed by atoms with Crippen molar-refractivity contribution in [3.8, 4) is 0 Å². The molecule has 0 radical (unpaired) electrons. The molecule has 2 aromatic rings. The molecule has 0 amide bonds. The highest BCUT2D eigenvalue weighted by molar-refractivity contribution is 5.45. The van der Waals surface area contributed by atoms with Crippen LogP contribution < -0.4 is 5.32 Å². The van der Waals surface area contributed by atoms with Crippen LogP contribution in [0.1, 0.15) is 11.4 Å². The Morgan fingerprint density at radius 3 is 2.85 bits per heavy atom. The second-order valence-electron chi connectivity index (χ2n) is 2.87. The van der Waals surface area contributed by atoms with Crippen LogP contribution >= 0.6 is 0 Å². The van der Waals surface area contributed by atoms with Gasteiger partial charge >= 0.3 is 0 Å². The Hall–Kier alpha value is -1.78. The Kier molecular flexibility index (Phi) is 1.77. The van der Waals surface area contributed by atoms with E-state index in [9.17, 15) is 0 Å². The minimum Gasteiger partial charge on any atom is -0.338 e. The van der Waals surface area contributed by atoms with Crippen LogP contribution in [0.3, 0.4) is 0 Å². The molecule has 5 nitrogen and oxygen atoms in total. The van der Waals surface area contributed by atoms with E-state index in [1.54, 1.807) is 12.3 Å². The third-order valence-electron chi connectivity index (χ3n) is 1.57. The fraction of sp³-hybridized carbons (Fsp3) is 0.250. The van der Waals surface area contributed by atoms with Crippen molar-refractivity contribution in [2.45, 2.75) is 13.8 Å². The molecule has 0 saturated carbocycles. The van der Waals surface area contributed by atoms with Crippen LogP contribution in [0.2, 0.25) is 0 Å². The highest BCUT2D eigenvalue weighted by atomic mass is 16.5. The molecule has 2 aromatic heterocycles. The highest BCUT2D eigenvalue weighted by Gasteiger charge is 2.02. The van der Waals surface area contributed by atoms with Gasteiger partial charge in [-0.1, -0.05) is 5.16 Å². The largest absolute Gasteiger partial charge is 0.338 e. The van der Waals surface area contributed by atoms with E-state index in [4.69, 9.17) is 4.52 Å². The number of nitrogens with one attached hydrogen (secondary N) is 2. The van der Waals surface area contributed by atoms with Gasteiger partial charge in [-0.15, -0.1) is 0 Å². The number of aryl methyl sites for hydroxylation is 2. The average Bonchev–Trinajstić information content (AvgIpc) is 2.62. The first-order valence-electron chi connectivity index (χ1n) is 3.96. The number of hydrogen-bond acceptors (Lipinski definition) is 4. The van der Waals surface area contributed by atoms with Crippen LogP contribution in [0.5, 0.6) is 0 Å². The Morgan fingerprint density at radius 2 is 2.31 bits per heavy atom. The van der Waals surface area contributed by atoms with Gasteiger partial charge in [-0.2, -0.15) is 0 Å². The van der Waals surface area contributed by atoms with Crippen molar-refractivity contribution in [3.05, 3.63) is 23.7 Å². The summed E-state index contributed by atoms with van der Waals surface area (Å²) in [5.41, 5.74) is 1.84. The Labute approximate surface area is 75.2 Å². The van der Waals surface area contributed by atoms with Gasteiger partial charge in [-0.3, -0.25) is 5.32 Å². The second kappa shape index (κ2) is 2.93. The van der Waals surface area contributed by atoms with Gasteiger partial charge in [0.1, 0.15) is 0 Å². The standard InChI is InChI=1S/C8H10N4O/c1-5-3-7(13-12-5)11-8-9-4-6(2)10-8/h3-4H,1-2H3,(H2,9,10,11). The molecule has 5 heteroatoms. The van der Waals surface area contributed by atoms with E-state index in [1.807, 2.05) is 13.8 Å². The zero-order chi connectivity index (χ0) is 9.26. The van der Waals surface area contributed by atoms with Crippen molar-refractivity contribution in [1.82, 2.24) is 15.1 Å². The minimum atomic E-state index is 0.590. The lowest BCUT2D eigenvalue weighted by Gasteiger charge is -1.93. The summed E-state index contributed by atoms with van der Waals surface area (Å²) in [7, 11) is 0. The van der Waals surface area contributed by atoms with E-state index in [0.29, 0.717) is 11.8 Å². The molecule has 0 aliphatic rings. The number of nitrogens with zero attached hydrogens (tertiary/aromatic N) is 2. The van der Waals surface area contributed by atoms with Crippen molar-refractivity contribution in [1.29, 1.82) is 0 Å². The van der Waals surface area contributed by atoms with E-state index < -0.39 is 0 Å². The normalized spacial score (nSPS) is 10.3. The predicted octanol–water partition coefficient (Wildman–Crippen LogP) is 1.76. The van der Waals surface area contributed by atoms with Gasteiger partial charge in [0.2, 0.25) is 11.8 Å². The molecular weight excluding hydrogens is 168 g/mol. The molecule has 0 atom stereocenters. The minimum absolute atomic E-state index is 0.590. The van der Waals surface area contributed by atoms with Gasteiger partial charge in [0.05, 0.1) is 5.69 Å². The topological polar surface area (TPSA) is 66.7 Å². The summed E-state index contributed by atoms with van der Waals surface area (Å²) in [6, 6.07) is 1.80. The molecule has 0 aliphatic carbocycles. The molecule has 0 aliphatic heterocycles. The number of H-pyrrole nitrogens is 1. The van der Waals surface area contributed by atoms with Crippen LogP contribution in [0.15, 0.2) is 16.8 Å². The first-order valence-corrected chi connectivity index (χ1v) is 3.96. The van der Waals surface area contributed by atoms with Crippen molar-refractivity contribution in [3.63, 3.8) is 0 Å². The van der Waals surface area contributed by atoms with Crippen molar-refractivity contribution >= 4 is 11.8 Å². The van der Waals surface area contributed by atoms with Crippen molar-refractivity contribution in [2.24, 2.45) is 0 Å². The molecule has 0 spiro atoms. The molecule has 13 heavy (non-hydrogen) atoms. The quantitative estimate of drug-likeness (QED) is 0.735. The Balaban J connectivity index is 2.14. The molecule has 0 bridgehead atoms. The zero-order valence-corrected chi connectivity index (χ0v) is 7.46. The van der Waals surface area contributed by atoms with E-state index >= 15 is 0 Å². The maximum absolute atomic E-state index is 4.96. The van der Waals surface area contributed by atoms with Crippen LogP contribution in [0, 0.1) is 13.8 Å². The second-order valence-corrected chi connectivity index (χ2v) is 2.87. The third kappa shape index (κ3) is 1.69. The summed E-state index contributed by atoms with van der Waals surface area (Å²) in [5.74, 6) is 1.25. The van der Waals surface area contributed by atoms with Gasteiger partial charge in [0, 0.05) is 18.0 Å². The third-order valence-corrected chi connectivity index (χ3v) is 1.57. The molecule has 0 aromatic carbocycles. The molecule has 2 heterocycles. The highest BCUT2D eigenvalue weighted by Crippen LogP contribution is 2.13. The molecule has 2 N–H and O–H groups in total. The fourth-order valence-corrected chi connectivity index (χ4v) is 1.02. The van der Waals surface area contributed by atoms with Crippen LogP contribution in [0.25, 0.3) is 0 Å². The van der Waals surface area contributed by atoms with E-state index in [2.05, 4.69) is 20.4 Å². The summed E-state index contributed by atoms with van der Waals surface area (Å²) in [4.78, 5) is 7.09. The van der Waals surface area contributed by atoms with E-state index in [1.165, 1.54) is 0 Å². The monoisotopic (exact) mass is 178 g/mol. The SMILES string of the molecule is Cc1cc(Nc2ncc(C)[nH]2)on1. The summed E-state index contributed by atoms with van der Waals surface area (Å²) in [6.45, 7) is 3.80. The molecule has 2 rings (SSSR count). The molecular formula is C8H10N4O. The summed E-state index contributed by atoms with van der Waals surface area (Å²) >= 11 is 0. The molecule has 0 unspecified atom stereocenters. The smallest absolute Gasteiger partial charge is 0.231 e. The molecule has 68 valence electrons. The van der Waals surface area contributed by atoms with Gasteiger partial charge < -0.3 is 9.51 Å². The number of aromatic amines is 1. The van der Waals surface area contributed by atoms with E-state index in [-0.39, 0.29) is 0 Å². The first-order chi connectivity index (χ1) is 6.24. The fourth-order valence-electron chi connectivity index (χ4n) is 1.02. The van der Waals surface area contributed by atoms with Gasteiger partial charge in [0.25, 0.3) is 0 Å². The first kappa shape index (κ1) is 7.85. The van der Waals surface area contributed by atoms with Crippen LogP contribution in [0.4, 0.5) is 11.8 Å². The Bertz CT molecular complexity index is 365. The molecule has 0 fully saturated rings. The number of rotatable bonds is 2. The van der Waals surface area contributed by atoms with Gasteiger partial charge in [-0.05, 0) is 13.8 Å². The van der Waals surface area contributed by atoms with Crippen molar-refractivity contribution < 1.29 is 4.52 Å². The molecule has 0 saturated heterocycles. The van der Waals surface area contributed by atoms with Gasteiger partial charge in [-0.25, -0.2) is 4.98 Å². The maximum atomic E-state index is 4.96. The number of anilines is 2. The van der Waals surface area contributed by atoms with Gasteiger partial charge in [0.15, 0.2) is 0 Å².